The molecule has 0 spiro atoms. The Labute approximate surface area is 146 Å². The van der Waals surface area contributed by atoms with Crippen molar-refractivity contribution in [3.8, 4) is 11.4 Å². The molecule has 132 valence electrons. The smallest absolute Gasteiger partial charge is 0.246 e. The molecule has 4 rings (SSSR count). The monoisotopic (exact) mass is 341 g/mol. The molecule has 7 nitrogen and oxygen atoms in total. The van der Waals surface area contributed by atoms with Gasteiger partial charge >= 0.3 is 0 Å². The van der Waals surface area contributed by atoms with Crippen LogP contribution in [-0.2, 0) is 24.3 Å². The van der Waals surface area contributed by atoms with E-state index in [0.717, 1.165) is 56.6 Å². The summed E-state index contributed by atoms with van der Waals surface area (Å²) in [5.74, 6) is 1.26. The number of likely N-dealkylation sites (tertiary alicyclic amines) is 1. The zero-order chi connectivity index (χ0) is 17.2. The van der Waals surface area contributed by atoms with Gasteiger partial charge in [0.2, 0.25) is 17.6 Å². The molecule has 0 bridgehead atoms. The summed E-state index contributed by atoms with van der Waals surface area (Å²) in [7, 11) is 0. The number of amides is 1. The van der Waals surface area contributed by atoms with E-state index >= 15 is 0 Å². The van der Waals surface area contributed by atoms with Crippen LogP contribution in [0, 0.1) is 6.92 Å². The molecule has 0 unspecified atom stereocenters. The first kappa shape index (κ1) is 16.2. The molecular weight excluding hydrogens is 318 g/mol. The van der Waals surface area contributed by atoms with Crippen molar-refractivity contribution in [2.45, 2.75) is 52.1 Å². The Morgan fingerprint density at radius 3 is 3.12 bits per heavy atom. The maximum absolute atomic E-state index is 12.2. The SMILES string of the molecule is Cc1ncc2c(c1-c1noc(CN3CCCCCC3=O)n1)CCNC2. The topological polar surface area (TPSA) is 84.2 Å². The summed E-state index contributed by atoms with van der Waals surface area (Å²) in [5.41, 5.74) is 4.35. The van der Waals surface area contributed by atoms with Gasteiger partial charge in [-0.1, -0.05) is 11.6 Å². The van der Waals surface area contributed by atoms with Gasteiger partial charge in [0.25, 0.3) is 0 Å². The molecule has 1 N–H and O–H groups in total. The minimum atomic E-state index is 0.179. The van der Waals surface area contributed by atoms with Gasteiger partial charge in [0.15, 0.2) is 0 Å². The van der Waals surface area contributed by atoms with E-state index in [-0.39, 0.29) is 5.91 Å². The molecule has 1 fully saturated rings. The maximum Gasteiger partial charge on any atom is 0.246 e. The molecule has 7 heteroatoms. The molecule has 2 aromatic heterocycles. The minimum Gasteiger partial charge on any atom is -0.337 e. The Hall–Kier alpha value is -2.28. The van der Waals surface area contributed by atoms with Crippen LogP contribution in [0.5, 0.6) is 0 Å². The highest BCUT2D eigenvalue weighted by Gasteiger charge is 2.23. The van der Waals surface area contributed by atoms with Crippen molar-refractivity contribution in [2.75, 3.05) is 13.1 Å². The summed E-state index contributed by atoms with van der Waals surface area (Å²) in [6.45, 7) is 4.91. The number of carbonyl (C=O) groups is 1. The van der Waals surface area contributed by atoms with Crippen molar-refractivity contribution in [2.24, 2.45) is 0 Å². The van der Waals surface area contributed by atoms with Crippen molar-refractivity contribution in [3.63, 3.8) is 0 Å². The summed E-state index contributed by atoms with van der Waals surface area (Å²) in [4.78, 5) is 23.1. The number of rotatable bonds is 3. The van der Waals surface area contributed by atoms with Crippen LogP contribution in [0.15, 0.2) is 10.7 Å². The lowest BCUT2D eigenvalue weighted by Crippen LogP contribution is -2.29. The molecule has 1 saturated heterocycles. The predicted octanol–water partition coefficient (Wildman–Crippen LogP) is 1.99. The maximum atomic E-state index is 12.2. The number of aryl methyl sites for hydroxylation is 1. The van der Waals surface area contributed by atoms with E-state index in [0.29, 0.717) is 24.7 Å². The average Bonchev–Trinajstić information content (AvgIpc) is 2.98. The Bertz CT molecular complexity index is 786. The molecule has 2 aliphatic rings. The first-order valence-corrected chi connectivity index (χ1v) is 9.01. The summed E-state index contributed by atoms with van der Waals surface area (Å²) in [5, 5.41) is 7.55. The minimum absolute atomic E-state index is 0.179. The van der Waals surface area contributed by atoms with E-state index in [9.17, 15) is 4.79 Å². The van der Waals surface area contributed by atoms with Crippen molar-refractivity contribution in [3.05, 3.63) is 28.9 Å². The second-order valence-electron chi connectivity index (χ2n) is 6.79. The fourth-order valence-corrected chi connectivity index (χ4v) is 3.66. The number of hydrogen-bond acceptors (Lipinski definition) is 6. The molecule has 0 aromatic carbocycles. The highest BCUT2D eigenvalue weighted by molar-refractivity contribution is 5.76. The predicted molar refractivity (Wildman–Crippen MR) is 91.6 cm³/mol. The van der Waals surface area contributed by atoms with Crippen molar-refractivity contribution >= 4 is 5.91 Å². The lowest BCUT2D eigenvalue weighted by molar-refractivity contribution is -0.131. The van der Waals surface area contributed by atoms with Crippen LogP contribution in [-0.4, -0.2) is 39.0 Å². The standard InChI is InChI=1S/C18H23N5O2/c1-12-17(14-6-7-19-9-13(14)10-20-12)18-21-15(25-22-18)11-23-8-4-2-3-5-16(23)24/h10,19H,2-9,11H2,1H3. The van der Waals surface area contributed by atoms with Gasteiger partial charge in [-0.05, 0) is 43.9 Å². The Kier molecular flexibility index (Phi) is 4.48. The van der Waals surface area contributed by atoms with Crippen LogP contribution in [0.25, 0.3) is 11.4 Å². The molecular formula is C18H23N5O2. The largest absolute Gasteiger partial charge is 0.337 e. The number of carbonyl (C=O) groups excluding carboxylic acids is 1. The molecule has 0 saturated carbocycles. The molecule has 25 heavy (non-hydrogen) atoms. The van der Waals surface area contributed by atoms with Crippen LogP contribution in [0.4, 0.5) is 0 Å². The number of nitrogens with zero attached hydrogens (tertiary/aromatic N) is 4. The van der Waals surface area contributed by atoms with E-state index in [1.54, 1.807) is 0 Å². The normalized spacial score (nSPS) is 18.1. The van der Waals surface area contributed by atoms with Gasteiger partial charge in [0, 0.05) is 37.0 Å². The first-order chi connectivity index (χ1) is 12.2. The number of aromatic nitrogens is 3. The Balaban J connectivity index is 1.60. The molecule has 0 atom stereocenters. The average molecular weight is 341 g/mol. The van der Waals surface area contributed by atoms with E-state index in [1.807, 2.05) is 18.0 Å². The van der Waals surface area contributed by atoms with E-state index < -0.39 is 0 Å². The van der Waals surface area contributed by atoms with E-state index in [2.05, 4.69) is 20.4 Å². The second kappa shape index (κ2) is 6.92. The van der Waals surface area contributed by atoms with Crippen molar-refractivity contribution in [1.29, 1.82) is 0 Å². The van der Waals surface area contributed by atoms with Crippen molar-refractivity contribution < 1.29 is 9.32 Å². The van der Waals surface area contributed by atoms with Gasteiger partial charge < -0.3 is 14.7 Å². The fraction of sp³-hybridized carbons (Fsp3) is 0.556. The first-order valence-electron chi connectivity index (χ1n) is 9.01. The van der Waals surface area contributed by atoms with Gasteiger partial charge in [0.05, 0.1) is 6.54 Å². The van der Waals surface area contributed by atoms with Crippen LogP contribution < -0.4 is 5.32 Å². The summed E-state index contributed by atoms with van der Waals surface area (Å²) in [6, 6.07) is 0. The zero-order valence-electron chi connectivity index (χ0n) is 14.5. The van der Waals surface area contributed by atoms with Gasteiger partial charge in [-0.2, -0.15) is 4.98 Å². The van der Waals surface area contributed by atoms with Crippen LogP contribution in [0.3, 0.4) is 0 Å². The second-order valence-corrected chi connectivity index (χ2v) is 6.79. The van der Waals surface area contributed by atoms with Gasteiger partial charge in [0.1, 0.15) is 0 Å². The van der Waals surface area contributed by atoms with Gasteiger partial charge in [-0.25, -0.2) is 0 Å². The number of hydrogen-bond donors (Lipinski definition) is 1. The van der Waals surface area contributed by atoms with E-state index in [1.165, 1.54) is 11.1 Å². The Morgan fingerprint density at radius 1 is 1.28 bits per heavy atom. The molecule has 2 aromatic rings. The molecule has 4 heterocycles. The van der Waals surface area contributed by atoms with Crippen LogP contribution >= 0.6 is 0 Å². The lowest BCUT2D eigenvalue weighted by atomic mass is 9.95. The molecule has 2 aliphatic heterocycles. The lowest BCUT2D eigenvalue weighted by Gasteiger charge is -2.20. The van der Waals surface area contributed by atoms with Crippen molar-refractivity contribution in [1.82, 2.24) is 25.3 Å². The third kappa shape index (κ3) is 3.28. The highest BCUT2D eigenvalue weighted by Crippen LogP contribution is 2.28. The number of pyridine rings is 1. The van der Waals surface area contributed by atoms with Gasteiger partial charge in [-0.15, -0.1) is 0 Å². The van der Waals surface area contributed by atoms with E-state index in [4.69, 9.17) is 4.52 Å². The van der Waals surface area contributed by atoms with Gasteiger partial charge in [-0.3, -0.25) is 9.78 Å². The fourth-order valence-electron chi connectivity index (χ4n) is 3.66. The quantitative estimate of drug-likeness (QED) is 0.919. The van der Waals surface area contributed by atoms with Crippen LogP contribution in [0.1, 0.15) is 48.4 Å². The Morgan fingerprint density at radius 2 is 2.20 bits per heavy atom. The highest BCUT2D eigenvalue weighted by atomic mass is 16.5. The number of nitrogens with one attached hydrogen (secondary N) is 1. The molecule has 0 aliphatic carbocycles. The van der Waals surface area contributed by atoms with Crippen LogP contribution in [0.2, 0.25) is 0 Å². The number of fused-ring (bicyclic) bond motifs is 1. The summed E-state index contributed by atoms with van der Waals surface area (Å²) >= 11 is 0. The summed E-state index contributed by atoms with van der Waals surface area (Å²) < 4.78 is 5.46. The summed E-state index contributed by atoms with van der Waals surface area (Å²) in [6.07, 6.45) is 6.59. The third-order valence-electron chi connectivity index (χ3n) is 5.02. The zero-order valence-corrected chi connectivity index (χ0v) is 14.5. The molecule has 0 radical (unpaired) electrons. The molecule has 1 amide bonds. The third-order valence-corrected chi connectivity index (χ3v) is 5.02.